The molecule has 0 unspecified atom stereocenters. The van der Waals surface area contributed by atoms with E-state index >= 15 is 0 Å². The maximum atomic E-state index is 4.36. The van der Waals surface area contributed by atoms with Crippen molar-refractivity contribution in [3.05, 3.63) is 48.9 Å². The first-order valence-electron chi connectivity index (χ1n) is 6.06. The van der Waals surface area contributed by atoms with Crippen molar-refractivity contribution in [1.29, 1.82) is 0 Å². The molecule has 0 aliphatic carbocycles. The van der Waals surface area contributed by atoms with Crippen LogP contribution in [-0.2, 0) is 0 Å². The molecule has 0 radical (unpaired) electrons. The largest absolute Gasteiger partial charge is 0.324 e. The van der Waals surface area contributed by atoms with Crippen LogP contribution in [0.5, 0.6) is 0 Å². The lowest BCUT2D eigenvalue weighted by Crippen LogP contribution is -2.01. The van der Waals surface area contributed by atoms with Crippen LogP contribution in [0.1, 0.15) is 0 Å². The van der Waals surface area contributed by atoms with Gasteiger partial charge in [0.1, 0.15) is 12.0 Å². The third-order valence-corrected chi connectivity index (χ3v) is 3.05. The maximum Gasteiger partial charge on any atom is 0.232 e. The molecule has 0 saturated heterocycles. The maximum absolute atomic E-state index is 4.36. The predicted molar refractivity (Wildman–Crippen MR) is 88.2 cm³/mol. The van der Waals surface area contributed by atoms with Crippen LogP contribution in [0.4, 0.5) is 17.6 Å². The van der Waals surface area contributed by atoms with E-state index in [1.807, 2.05) is 53.2 Å². The van der Waals surface area contributed by atoms with Gasteiger partial charge in [0.2, 0.25) is 11.9 Å². The van der Waals surface area contributed by atoms with E-state index < -0.39 is 0 Å². The van der Waals surface area contributed by atoms with E-state index in [-0.39, 0.29) is 0 Å². The number of rotatable bonds is 4. The highest BCUT2D eigenvalue weighted by Gasteiger charge is 2.07. The molecule has 104 valence electrons. The molecule has 8 heteroatoms. The van der Waals surface area contributed by atoms with Crippen molar-refractivity contribution in [2.75, 3.05) is 8.85 Å². The molecule has 0 amide bonds. The molecule has 2 aromatic heterocycles. The van der Waals surface area contributed by atoms with Gasteiger partial charge in [0.05, 0.1) is 22.9 Å². The summed E-state index contributed by atoms with van der Waals surface area (Å²) in [4.78, 5) is 21.0. The Morgan fingerprint density at radius 3 is 2.52 bits per heavy atom. The van der Waals surface area contributed by atoms with Crippen molar-refractivity contribution < 1.29 is 0 Å². The molecule has 1 aromatic carbocycles. The average Bonchev–Trinajstić information content (AvgIpc) is 2.56. The van der Waals surface area contributed by atoms with Gasteiger partial charge in [0, 0.05) is 11.9 Å². The number of hydrogen-bond donors (Lipinski definition) is 2. The minimum atomic E-state index is 0.466. The Morgan fingerprint density at radius 2 is 1.71 bits per heavy atom. The lowest BCUT2D eigenvalue weighted by molar-refractivity contribution is 1.04. The van der Waals surface area contributed by atoms with Crippen molar-refractivity contribution in [2.45, 2.75) is 0 Å². The van der Waals surface area contributed by atoms with Crippen molar-refractivity contribution in [3.8, 4) is 11.5 Å². The second kappa shape index (κ2) is 6.39. The minimum absolute atomic E-state index is 0.466. The molecule has 0 aliphatic heterocycles. The normalized spacial score (nSPS) is 10.1. The fraction of sp³-hybridized carbons (Fsp3) is 0. The second-order valence-electron chi connectivity index (χ2n) is 3.98. The van der Waals surface area contributed by atoms with Crippen LogP contribution in [0.3, 0.4) is 0 Å². The number of aromatic nitrogens is 5. The van der Waals surface area contributed by atoms with E-state index in [1.54, 1.807) is 12.3 Å². The van der Waals surface area contributed by atoms with E-state index in [2.05, 4.69) is 33.8 Å². The number of anilines is 3. The molecule has 0 atom stereocenters. The summed E-state index contributed by atoms with van der Waals surface area (Å²) < 4.78 is 2.85. The number of para-hydroxylation sites is 1. The fourth-order valence-corrected chi connectivity index (χ4v) is 1.92. The van der Waals surface area contributed by atoms with Crippen LogP contribution >= 0.6 is 22.9 Å². The first-order valence-corrected chi connectivity index (χ1v) is 7.14. The third-order valence-electron chi connectivity index (χ3n) is 2.57. The first kappa shape index (κ1) is 13.6. The van der Waals surface area contributed by atoms with Gasteiger partial charge in [-0.25, -0.2) is 19.9 Å². The Hall–Kier alpha value is -2.36. The molecule has 2 heterocycles. The van der Waals surface area contributed by atoms with Crippen LogP contribution in [-0.4, -0.2) is 24.9 Å². The summed E-state index contributed by atoms with van der Waals surface area (Å²) in [5.41, 5.74) is 1.54. The van der Waals surface area contributed by atoms with Crippen molar-refractivity contribution in [3.63, 3.8) is 0 Å². The Morgan fingerprint density at radius 1 is 0.857 bits per heavy atom. The molecule has 2 N–H and O–H groups in total. The summed E-state index contributed by atoms with van der Waals surface area (Å²) in [6, 6.07) is 11.4. The third kappa shape index (κ3) is 3.40. The number of nitrogens with zero attached hydrogens (tertiary/aromatic N) is 5. The average molecular weight is 391 g/mol. The van der Waals surface area contributed by atoms with Crippen molar-refractivity contribution >= 4 is 40.4 Å². The van der Waals surface area contributed by atoms with E-state index in [0.29, 0.717) is 23.4 Å². The highest BCUT2D eigenvalue weighted by atomic mass is 127. The van der Waals surface area contributed by atoms with Crippen molar-refractivity contribution in [1.82, 2.24) is 24.9 Å². The molecule has 0 saturated carbocycles. The van der Waals surface area contributed by atoms with E-state index in [1.165, 1.54) is 6.33 Å². The molecule has 0 fully saturated rings. The van der Waals surface area contributed by atoms with Crippen LogP contribution in [0, 0.1) is 0 Å². The van der Waals surface area contributed by atoms with Gasteiger partial charge < -0.3 is 5.32 Å². The van der Waals surface area contributed by atoms with Gasteiger partial charge in [-0.15, -0.1) is 0 Å². The first-order chi connectivity index (χ1) is 10.3. The Labute approximate surface area is 134 Å². The quantitative estimate of drug-likeness (QED) is 0.522. The molecule has 21 heavy (non-hydrogen) atoms. The Bertz CT molecular complexity index is 735. The molecule has 3 aromatic rings. The summed E-state index contributed by atoms with van der Waals surface area (Å²) in [7, 11) is 0. The highest BCUT2D eigenvalue weighted by Crippen LogP contribution is 2.16. The monoisotopic (exact) mass is 391 g/mol. The molecular weight excluding hydrogens is 381 g/mol. The molecule has 0 aliphatic rings. The molecule has 0 spiro atoms. The van der Waals surface area contributed by atoms with Crippen LogP contribution in [0.2, 0.25) is 0 Å². The summed E-state index contributed by atoms with van der Waals surface area (Å²) in [6.07, 6.45) is 3.10. The Kier molecular flexibility index (Phi) is 4.15. The van der Waals surface area contributed by atoms with Crippen LogP contribution in [0.25, 0.3) is 11.5 Å². The summed E-state index contributed by atoms with van der Waals surface area (Å²) >= 11 is 1.97. The topological polar surface area (TPSA) is 88.5 Å². The molecule has 0 bridgehead atoms. The Balaban J connectivity index is 1.89. The zero-order chi connectivity index (χ0) is 14.5. The van der Waals surface area contributed by atoms with Gasteiger partial charge in [0.25, 0.3) is 0 Å². The van der Waals surface area contributed by atoms with Crippen molar-refractivity contribution in [2.24, 2.45) is 0 Å². The fourth-order valence-electron chi connectivity index (χ4n) is 1.66. The SMILES string of the molecule is INc1nccc(-c2ncnc(Nc3ccccc3)n2)n1. The van der Waals surface area contributed by atoms with E-state index in [0.717, 1.165) is 5.69 Å². The van der Waals surface area contributed by atoms with Gasteiger partial charge in [0.15, 0.2) is 5.82 Å². The highest BCUT2D eigenvalue weighted by molar-refractivity contribution is 14.1. The number of hydrogen-bond acceptors (Lipinski definition) is 7. The zero-order valence-corrected chi connectivity index (χ0v) is 12.9. The lowest BCUT2D eigenvalue weighted by atomic mass is 10.3. The van der Waals surface area contributed by atoms with Crippen LogP contribution in [0.15, 0.2) is 48.9 Å². The zero-order valence-electron chi connectivity index (χ0n) is 10.7. The van der Waals surface area contributed by atoms with E-state index in [9.17, 15) is 0 Å². The second-order valence-corrected chi connectivity index (χ2v) is 4.52. The van der Waals surface area contributed by atoms with Gasteiger partial charge in [-0.2, -0.15) is 4.98 Å². The summed E-state index contributed by atoms with van der Waals surface area (Å²) in [6.45, 7) is 0. The molecule has 7 nitrogen and oxygen atoms in total. The number of nitrogens with one attached hydrogen (secondary N) is 2. The molecule has 3 rings (SSSR count). The number of benzene rings is 1. The predicted octanol–water partition coefficient (Wildman–Crippen LogP) is 2.83. The van der Waals surface area contributed by atoms with Gasteiger partial charge >= 0.3 is 0 Å². The minimum Gasteiger partial charge on any atom is -0.324 e. The standard InChI is InChI=1S/C13H10IN7/c14-21-13-15-7-6-10(19-13)11-16-8-17-12(20-11)18-9-4-2-1-3-5-9/h1-8H,(H,15,19,21)(H,16,17,18,20). The van der Waals surface area contributed by atoms with Gasteiger partial charge in [-0.05, 0) is 18.2 Å². The molecular formula is C13H10IN7. The van der Waals surface area contributed by atoms with Gasteiger partial charge in [-0.1, -0.05) is 18.2 Å². The van der Waals surface area contributed by atoms with Crippen LogP contribution < -0.4 is 8.85 Å². The smallest absolute Gasteiger partial charge is 0.232 e. The van der Waals surface area contributed by atoms with Gasteiger partial charge in [-0.3, -0.25) is 3.53 Å². The summed E-state index contributed by atoms with van der Waals surface area (Å²) in [5, 5.41) is 3.12. The summed E-state index contributed by atoms with van der Waals surface area (Å²) in [5.74, 6) is 1.46. The van der Waals surface area contributed by atoms with E-state index in [4.69, 9.17) is 0 Å². The number of halogens is 1. The lowest BCUT2D eigenvalue weighted by Gasteiger charge is -2.05.